The van der Waals surface area contributed by atoms with Gasteiger partial charge in [-0.3, -0.25) is 4.79 Å². The Morgan fingerprint density at radius 3 is 2.61 bits per heavy atom. The Hall–Kier alpha value is -1.84. The third-order valence-electron chi connectivity index (χ3n) is 3.82. The molecule has 2 atom stereocenters. The second-order valence-corrected chi connectivity index (χ2v) is 5.13. The van der Waals surface area contributed by atoms with E-state index in [9.17, 15) is 9.59 Å². The molecule has 0 bridgehead atoms. The van der Waals surface area contributed by atoms with Gasteiger partial charge in [0.1, 0.15) is 6.04 Å². The molecule has 2 unspecified atom stereocenters. The zero-order chi connectivity index (χ0) is 12.7. The van der Waals surface area contributed by atoms with Gasteiger partial charge in [-0.25, -0.2) is 9.69 Å². The van der Waals surface area contributed by atoms with Gasteiger partial charge in [0.05, 0.1) is 5.69 Å². The molecule has 2 aliphatic heterocycles. The predicted molar refractivity (Wildman–Crippen MR) is 68.2 cm³/mol. The van der Waals surface area contributed by atoms with Crippen molar-refractivity contribution in [2.75, 3.05) is 11.4 Å². The summed E-state index contributed by atoms with van der Waals surface area (Å²) in [6.07, 6.45) is 1.77. The number of rotatable bonds is 1. The minimum Gasteiger partial charge on any atom is -0.312 e. The maximum atomic E-state index is 12.4. The van der Waals surface area contributed by atoms with E-state index in [1.54, 1.807) is 17.0 Å². The summed E-state index contributed by atoms with van der Waals surface area (Å²) in [4.78, 5) is 27.7. The number of carbonyl (C=O) groups excluding carboxylic acids is 2. The summed E-state index contributed by atoms with van der Waals surface area (Å²) in [5.74, 6) is 0.441. The van der Waals surface area contributed by atoms with E-state index in [1.165, 1.54) is 4.90 Å². The van der Waals surface area contributed by atoms with Gasteiger partial charge in [-0.1, -0.05) is 25.1 Å². The second-order valence-electron chi connectivity index (χ2n) is 5.13. The van der Waals surface area contributed by atoms with Crippen molar-refractivity contribution in [3.63, 3.8) is 0 Å². The van der Waals surface area contributed by atoms with Crippen molar-refractivity contribution in [3.05, 3.63) is 30.3 Å². The Morgan fingerprint density at radius 1 is 1.17 bits per heavy atom. The number of piperidine rings is 1. The van der Waals surface area contributed by atoms with Gasteiger partial charge in [0.2, 0.25) is 0 Å². The summed E-state index contributed by atoms with van der Waals surface area (Å²) in [6, 6.07) is 8.76. The molecule has 18 heavy (non-hydrogen) atoms. The number of hydrogen-bond acceptors (Lipinski definition) is 2. The Kier molecular flexibility index (Phi) is 2.58. The van der Waals surface area contributed by atoms with Gasteiger partial charge in [-0.2, -0.15) is 0 Å². The molecular formula is C14H16N2O2. The van der Waals surface area contributed by atoms with Crippen LogP contribution < -0.4 is 4.90 Å². The standard InChI is InChI=1S/C14H16N2O2/c1-10-7-8-15-12(9-10)13(17)16(14(15)18)11-5-3-2-4-6-11/h2-6,10,12H,7-9H2,1H3. The van der Waals surface area contributed by atoms with Crippen LogP contribution in [0.4, 0.5) is 10.5 Å². The largest absolute Gasteiger partial charge is 0.332 e. The van der Waals surface area contributed by atoms with Gasteiger partial charge < -0.3 is 4.90 Å². The molecule has 0 spiro atoms. The van der Waals surface area contributed by atoms with Crippen LogP contribution in [0.2, 0.25) is 0 Å². The van der Waals surface area contributed by atoms with Crippen molar-refractivity contribution in [1.29, 1.82) is 0 Å². The predicted octanol–water partition coefficient (Wildman–Crippen LogP) is 2.25. The van der Waals surface area contributed by atoms with E-state index in [0.717, 1.165) is 12.8 Å². The van der Waals surface area contributed by atoms with Gasteiger partial charge in [0.15, 0.2) is 0 Å². The van der Waals surface area contributed by atoms with E-state index in [1.807, 2.05) is 18.2 Å². The van der Waals surface area contributed by atoms with E-state index in [0.29, 0.717) is 18.2 Å². The third kappa shape index (κ3) is 1.60. The second kappa shape index (κ2) is 4.12. The highest BCUT2D eigenvalue weighted by atomic mass is 16.2. The monoisotopic (exact) mass is 244 g/mol. The highest BCUT2D eigenvalue weighted by Crippen LogP contribution is 2.32. The van der Waals surface area contributed by atoms with Gasteiger partial charge >= 0.3 is 6.03 Å². The van der Waals surface area contributed by atoms with E-state index in [2.05, 4.69) is 6.92 Å². The third-order valence-corrected chi connectivity index (χ3v) is 3.82. The SMILES string of the molecule is CC1CCN2C(=O)N(c3ccccc3)C(=O)C2C1. The van der Waals surface area contributed by atoms with Crippen LogP contribution in [-0.2, 0) is 4.79 Å². The molecule has 2 fully saturated rings. The highest BCUT2D eigenvalue weighted by Gasteiger charge is 2.47. The van der Waals surface area contributed by atoms with Crippen LogP contribution in [0.3, 0.4) is 0 Å². The van der Waals surface area contributed by atoms with Gasteiger partial charge in [-0.15, -0.1) is 0 Å². The lowest BCUT2D eigenvalue weighted by molar-refractivity contribution is -0.120. The summed E-state index contributed by atoms with van der Waals surface area (Å²) in [5.41, 5.74) is 0.676. The van der Waals surface area contributed by atoms with Crippen molar-refractivity contribution in [1.82, 2.24) is 4.90 Å². The minimum atomic E-state index is -0.249. The smallest absolute Gasteiger partial charge is 0.312 e. The van der Waals surface area contributed by atoms with E-state index < -0.39 is 0 Å². The van der Waals surface area contributed by atoms with Gasteiger partial charge in [-0.05, 0) is 30.9 Å². The summed E-state index contributed by atoms with van der Waals surface area (Å²) in [7, 11) is 0. The molecule has 0 aromatic heterocycles. The minimum absolute atomic E-state index is 0.0715. The number of para-hydroxylation sites is 1. The summed E-state index contributed by atoms with van der Waals surface area (Å²) in [6.45, 7) is 2.83. The lowest BCUT2D eigenvalue weighted by atomic mass is 9.93. The van der Waals surface area contributed by atoms with Crippen LogP contribution >= 0.6 is 0 Å². The number of anilines is 1. The van der Waals surface area contributed by atoms with E-state index in [4.69, 9.17) is 0 Å². The van der Waals surface area contributed by atoms with E-state index in [-0.39, 0.29) is 18.0 Å². The molecular weight excluding hydrogens is 228 g/mol. The maximum Gasteiger partial charge on any atom is 0.332 e. The van der Waals surface area contributed by atoms with Crippen LogP contribution in [0.5, 0.6) is 0 Å². The van der Waals surface area contributed by atoms with Crippen LogP contribution in [0.25, 0.3) is 0 Å². The number of benzene rings is 1. The molecule has 2 heterocycles. The Balaban J connectivity index is 1.94. The van der Waals surface area contributed by atoms with Crippen LogP contribution in [0, 0.1) is 5.92 Å². The first-order valence-electron chi connectivity index (χ1n) is 6.38. The van der Waals surface area contributed by atoms with Gasteiger partial charge in [0.25, 0.3) is 5.91 Å². The summed E-state index contributed by atoms with van der Waals surface area (Å²) in [5, 5.41) is 0. The summed E-state index contributed by atoms with van der Waals surface area (Å²) < 4.78 is 0. The number of carbonyl (C=O) groups is 2. The fourth-order valence-electron chi connectivity index (χ4n) is 2.79. The van der Waals surface area contributed by atoms with Crippen molar-refractivity contribution in [3.8, 4) is 0 Å². The number of hydrogen-bond donors (Lipinski definition) is 0. The van der Waals surface area contributed by atoms with Crippen molar-refractivity contribution >= 4 is 17.6 Å². The molecule has 1 aromatic carbocycles. The van der Waals surface area contributed by atoms with Crippen LogP contribution in [-0.4, -0.2) is 29.4 Å². The average molecular weight is 244 g/mol. The van der Waals surface area contributed by atoms with Crippen LogP contribution in [0.15, 0.2) is 30.3 Å². The van der Waals surface area contributed by atoms with Gasteiger partial charge in [0, 0.05) is 6.54 Å². The molecule has 2 saturated heterocycles. The first-order valence-corrected chi connectivity index (χ1v) is 6.38. The van der Waals surface area contributed by atoms with E-state index >= 15 is 0 Å². The number of urea groups is 1. The molecule has 0 aliphatic carbocycles. The summed E-state index contributed by atoms with van der Waals surface area (Å²) >= 11 is 0. The highest BCUT2D eigenvalue weighted by molar-refractivity contribution is 6.21. The van der Waals surface area contributed by atoms with Crippen molar-refractivity contribution < 1.29 is 9.59 Å². The lowest BCUT2D eigenvalue weighted by Crippen LogP contribution is -2.41. The zero-order valence-corrected chi connectivity index (χ0v) is 10.4. The number of nitrogens with zero attached hydrogens (tertiary/aromatic N) is 2. The van der Waals surface area contributed by atoms with Crippen molar-refractivity contribution in [2.45, 2.75) is 25.8 Å². The fourth-order valence-corrected chi connectivity index (χ4v) is 2.79. The fraction of sp³-hybridized carbons (Fsp3) is 0.429. The Morgan fingerprint density at radius 2 is 1.89 bits per heavy atom. The quantitative estimate of drug-likeness (QED) is 0.711. The van der Waals surface area contributed by atoms with Crippen LogP contribution in [0.1, 0.15) is 19.8 Å². The number of amides is 3. The Labute approximate surface area is 106 Å². The Bertz CT molecular complexity index is 486. The molecule has 0 saturated carbocycles. The molecule has 2 aliphatic rings. The normalized spacial score (nSPS) is 27.6. The maximum absolute atomic E-state index is 12.4. The lowest BCUT2D eigenvalue weighted by Gasteiger charge is -2.30. The molecule has 3 amide bonds. The topological polar surface area (TPSA) is 40.6 Å². The van der Waals surface area contributed by atoms with Crippen molar-refractivity contribution in [2.24, 2.45) is 5.92 Å². The zero-order valence-electron chi connectivity index (χ0n) is 10.4. The molecule has 0 radical (unpaired) electrons. The molecule has 94 valence electrons. The number of imide groups is 1. The average Bonchev–Trinajstić information content (AvgIpc) is 2.63. The first-order chi connectivity index (χ1) is 8.68. The molecule has 4 nitrogen and oxygen atoms in total. The number of fused-ring (bicyclic) bond motifs is 1. The molecule has 1 aromatic rings. The molecule has 0 N–H and O–H groups in total. The first kappa shape index (κ1) is 11.3. The molecule has 4 heteroatoms. The molecule has 3 rings (SSSR count).